The summed E-state index contributed by atoms with van der Waals surface area (Å²) in [6, 6.07) is 23.6. The summed E-state index contributed by atoms with van der Waals surface area (Å²) in [6.45, 7) is 13.4. The van der Waals surface area contributed by atoms with Crippen molar-refractivity contribution >= 4 is 0 Å². The summed E-state index contributed by atoms with van der Waals surface area (Å²) in [5, 5.41) is 0. The van der Waals surface area contributed by atoms with Gasteiger partial charge in [-0.25, -0.2) is 0 Å². The molecule has 2 aromatic rings. The van der Waals surface area contributed by atoms with E-state index in [1.807, 2.05) is 0 Å². The maximum Gasteiger partial charge on any atom is 0.0350 e. The fraction of sp³-hybridized carbons (Fsp3) is 0.625. The van der Waals surface area contributed by atoms with Crippen LogP contribution >= 0.6 is 0 Å². The Bertz CT molecular complexity index is 931. The molecule has 0 amide bonds. The summed E-state index contributed by atoms with van der Waals surface area (Å²) in [4.78, 5) is 13.5. The van der Waals surface area contributed by atoms with Gasteiger partial charge in [-0.15, -0.1) is 0 Å². The average Bonchev–Trinajstić information content (AvgIpc) is 2.95. The first-order chi connectivity index (χ1) is 18.1. The number of piperidine rings is 2. The summed E-state index contributed by atoms with van der Waals surface area (Å²) in [5.74, 6) is 1.19. The third-order valence-electron chi connectivity index (χ3n) is 10.1. The first-order valence-corrected chi connectivity index (χ1v) is 14.8. The van der Waals surface area contributed by atoms with Gasteiger partial charge in [-0.2, -0.15) is 0 Å². The van der Waals surface area contributed by atoms with Gasteiger partial charge in [0.2, 0.25) is 0 Å². The predicted octanol–water partition coefficient (Wildman–Crippen LogP) is 3.66. The van der Waals surface area contributed by atoms with Gasteiger partial charge in [-0.3, -0.25) is 9.80 Å². The molecule has 37 heavy (non-hydrogen) atoms. The Kier molecular flexibility index (Phi) is 7.69. The molecular weight excluding hydrogens is 454 g/mol. The Balaban J connectivity index is 1.30. The van der Waals surface area contributed by atoms with E-state index in [-0.39, 0.29) is 5.54 Å². The molecular formula is C32H47N5. The Morgan fingerprint density at radius 2 is 1.16 bits per heavy atom. The van der Waals surface area contributed by atoms with Gasteiger partial charge in [0.15, 0.2) is 0 Å². The Labute approximate surface area is 225 Å². The molecule has 4 saturated heterocycles. The van der Waals surface area contributed by atoms with E-state index in [0.717, 1.165) is 0 Å². The molecule has 2 unspecified atom stereocenters. The molecule has 5 heteroatoms. The van der Waals surface area contributed by atoms with Crippen molar-refractivity contribution in [3.05, 3.63) is 71.8 Å². The molecule has 200 valence electrons. The van der Waals surface area contributed by atoms with E-state index < -0.39 is 0 Å². The van der Waals surface area contributed by atoms with Crippen LogP contribution in [0.3, 0.4) is 0 Å². The number of nitrogens with zero attached hydrogens (tertiary/aromatic N) is 5. The van der Waals surface area contributed by atoms with Gasteiger partial charge < -0.3 is 14.7 Å². The van der Waals surface area contributed by atoms with Crippen LogP contribution in [0.5, 0.6) is 0 Å². The lowest BCUT2D eigenvalue weighted by atomic mass is 9.59. The number of piperazine rings is 2. The fourth-order valence-corrected chi connectivity index (χ4v) is 8.01. The molecule has 1 aliphatic carbocycles. The van der Waals surface area contributed by atoms with Crippen LogP contribution < -0.4 is 0 Å². The average molecular weight is 502 g/mol. The second-order valence-corrected chi connectivity index (χ2v) is 12.4. The molecule has 0 radical (unpaired) electrons. The maximum atomic E-state index is 2.96. The van der Waals surface area contributed by atoms with Crippen LogP contribution in [0.2, 0.25) is 0 Å². The normalized spacial score (nSPS) is 32.6. The maximum absolute atomic E-state index is 2.96. The first-order valence-electron chi connectivity index (χ1n) is 14.8. The topological polar surface area (TPSA) is 16.2 Å². The molecule has 5 aliphatic rings. The van der Waals surface area contributed by atoms with Crippen LogP contribution in [0.25, 0.3) is 0 Å². The van der Waals surface area contributed by atoms with E-state index in [9.17, 15) is 0 Å². The minimum Gasteiger partial charge on any atom is -0.304 e. The van der Waals surface area contributed by atoms with Crippen molar-refractivity contribution in [3.8, 4) is 0 Å². The second kappa shape index (κ2) is 11.2. The van der Waals surface area contributed by atoms with Crippen molar-refractivity contribution in [1.82, 2.24) is 24.5 Å². The van der Waals surface area contributed by atoms with Crippen LogP contribution in [-0.4, -0.2) is 122 Å². The molecule has 0 spiro atoms. The molecule has 7 rings (SSSR count). The van der Waals surface area contributed by atoms with Crippen molar-refractivity contribution in [3.63, 3.8) is 0 Å². The molecule has 2 aromatic carbocycles. The summed E-state index contributed by atoms with van der Waals surface area (Å²) in [6.07, 6.45) is 3.90. The van der Waals surface area contributed by atoms with Crippen molar-refractivity contribution in [1.29, 1.82) is 0 Å². The van der Waals surface area contributed by atoms with Crippen LogP contribution in [0, 0.1) is 0 Å². The van der Waals surface area contributed by atoms with E-state index in [0.29, 0.717) is 17.9 Å². The lowest BCUT2D eigenvalue weighted by molar-refractivity contribution is -0.0971. The zero-order valence-electron chi connectivity index (χ0n) is 23.1. The highest BCUT2D eigenvalue weighted by atomic mass is 15.3. The fourth-order valence-electron chi connectivity index (χ4n) is 8.01. The third kappa shape index (κ3) is 5.39. The Morgan fingerprint density at radius 3 is 1.70 bits per heavy atom. The molecule has 4 heterocycles. The monoisotopic (exact) mass is 501 g/mol. The molecule has 5 nitrogen and oxygen atoms in total. The number of rotatable bonds is 7. The zero-order valence-corrected chi connectivity index (χ0v) is 23.1. The van der Waals surface area contributed by atoms with Crippen molar-refractivity contribution in [2.24, 2.45) is 0 Å². The van der Waals surface area contributed by atoms with Crippen LogP contribution in [0.1, 0.15) is 42.2 Å². The van der Waals surface area contributed by atoms with Crippen LogP contribution in [0.15, 0.2) is 60.7 Å². The SMILES string of the molecule is CN1CCN(CCCN2CC3(N4CCN(C)CC4)CC(c4ccccc4)C2C(c2ccccc2)C3)CC1. The van der Waals surface area contributed by atoms with Crippen molar-refractivity contribution in [2.45, 2.75) is 42.7 Å². The van der Waals surface area contributed by atoms with E-state index in [4.69, 9.17) is 0 Å². The summed E-state index contributed by atoms with van der Waals surface area (Å²) < 4.78 is 0. The number of benzene rings is 2. The number of hydrogen-bond acceptors (Lipinski definition) is 5. The molecule has 0 aromatic heterocycles. The molecule has 4 aliphatic heterocycles. The predicted molar refractivity (Wildman–Crippen MR) is 153 cm³/mol. The van der Waals surface area contributed by atoms with E-state index in [2.05, 4.69) is 99.3 Å². The minimum atomic E-state index is 0.269. The zero-order chi connectivity index (χ0) is 25.2. The number of hydrogen-bond donors (Lipinski definition) is 0. The lowest BCUT2D eigenvalue weighted by Gasteiger charge is -2.64. The van der Waals surface area contributed by atoms with Gasteiger partial charge in [0, 0.05) is 82.3 Å². The lowest BCUT2D eigenvalue weighted by Crippen LogP contribution is -2.71. The van der Waals surface area contributed by atoms with Gasteiger partial charge in [0.05, 0.1) is 0 Å². The van der Waals surface area contributed by atoms with Crippen molar-refractivity contribution in [2.75, 3.05) is 86.1 Å². The van der Waals surface area contributed by atoms with Gasteiger partial charge >= 0.3 is 0 Å². The molecule has 2 bridgehead atoms. The van der Waals surface area contributed by atoms with Crippen LogP contribution in [0.4, 0.5) is 0 Å². The largest absolute Gasteiger partial charge is 0.304 e. The van der Waals surface area contributed by atoms with Crippen molar-refractivity contribution < 1.29 is 0 Å². The number of fused-ring (bicyclic) bond motifs is 3. The Hall–Kier alpha value is -1.76. The standard InChI is InChI=1S/C32H47N5/c1-33-16-20-35(21-17-33)14-9-15-36-26-32(37-22-18-34(2)19-23-37)24-29(27-10-5-3-6-11-27)31(36)30(25-32)28-12-7-4-8-13-28/h3-8,10-13,29-31H,9,14-26H2,1-2H3. The summed E-state index contributed by atoms with van der Waals surface area (Å²) >= 11 is 0. The molecule has 5 fully saturated rings. The van der Waals surface area contributed by atoms with Gasteiger partial charge in [0.25, 0.3) is 0 Å². The summed E-state index contributed by atoms with van der Waals surface area (Å²) in [7, 11) is 4.55. The quantitative estimate of drug-likeness (QED) is 0.574. The summed E-state index contributed by atoms with van der Waals surface area (Å²) in [5.41, 5.74) is 3.37. The highest BCUT2D eigenvalue weighted by Gasteiger charge is 2.57. The van der Waals surface area contributed by atoms with E-state index >= 15 is 0 Å². The second-order valence-electron chi connectivity index (χ2n) is 12.4. The van der Waals surface area contributed by atoms with Gasteiger partial charge in [0.1, 0.15) is 0 Å². The highest BCUT2D eigenvalue weighted by Crippen LogP contribution is 2.55. The molecule has 0 N–H and O–H groups in total. The van der Waals surface area contributed by atoms with E-state index in [1.54, 1.807) is 11.1 Å². The van der Waals surface area contributed by atoms with Crippen LogP contribution in [-0.2, 0) is 0 Å². The van der Waals surface area contributed by atoms with Gasteiger partial charge in [-0.05, 0) is 57.6 Å². The first kappa shape index (κ1) is 25.5. The number of likely N-dealkylation sites (N-methyl/N-ethyl adjacent to an activating group) is 2. The third-order valence-corrected chi connectivity index (χ3v) is 10.1. The Morgan fingerprint density at radius 1 is 0.649 bits per heavy atom. The molecule has 2 atom stereocenters. The van der Waals surface area contributed by atoms with Gasteiger partial charge in [-0.1, -0.05) is 60.7 Å². The highest BCUT2D eigenvalue weighted by molar-refractivity contribution is 5.34. The smallest absolute Gasteiger partial charge is 0.0350 e. The molecule has 1 saturated carbocycles. The van der Waals surface area contributed by atoms with E-state index in [1.165, 1.54) is 91.3 Å². The minimum absolute atomic E-state index is 0.269.